The van der Waals surface area contributed by atoms with E-state index in [4.69, 9.17) is 4.74 Å². The van der Waals surface area contributed by atoms with Gasteiger partial charge in [0.25, 0.3) is 0 Å². The number of amides is 2. The Balaban J connectivity index is 1.34. The van der Waals surface area contributed by atoms with Gasteiger partial charge in [0.2, 0.25) is 0 Å². The molecule has 0 bridgehead atoms. The zero-order chi connectivity index (χ0) is 16.8. The summed E-state index contributed by atoms with van der Waals surface area (Å²) in [6.07, 6.45) is 10.2. The molecular formula is C19H35N3O2. The molecule has 3 rings (SSSR count). The van der Waals surface area contributed by atoms with Crippen LogP contribution in [0.25, 0.3) is 0 Å². The summed E-state index contributed by atoms with van der Waals surface area (Å²) >= 11 is 0. The lowest BCUT2D eigenvalue weighted by Crippen LogP contribution is -2.47. The zero-order valence-electron chi connectivity index (χ0n) is 15.3. The summed E-state index contributed by atoms with van der Waals surface area (Å²) in [5.41, 5.74) is 0. The van der Waals surface area contributed by atoms with Crippen molar-refractivity contribution < 1.29 is 9.53 Å². The van der Waals surface area contributed by atoms with Crippen molar-refractivity contribution in [3.63, 3.8) is 0 Å². The first-order valence-electron chi connectivity index (χ1n) is 10.0. The van der Waals surface area contributed by atoms with E-state index in [-0.39, 0.29) is 6.03 Å². The van der Waals surface area contributed by atoms with Gasteiger partial charge in [0, 0.05) is 26.7 Å². The molecular weight excluding hydrogens is 302 g/mol. The number of nitrogens with one attached hydrogen (secondary N) is 2. The molecule has 0 spiro atoms. The first kappa shape index (κ1) is 18.0. The van der Waals surface area contributed by atoms with Gasteiger partial charge in [-0.15, -0.1) is 0 Å². The van der Waals surface area contributed by atoms with Crippen LogP contribution < -0.4 is 10.6 Å². The van der Waals surface area contributed by atoms with Crippen molar-refractivity contribution in [3.05, 3.63) is 0 Å². The molecule has 5 nitrogen and oxygen atoms in total. The number of urea groups is 1. The summed E-state index contributed by atoms with van der Waals surface area (Å²) in [5, 5.41) is 6.64. The fourth-order valence-corrected chi connectivity index (χ4v) is 4.81. The van der Waals surface area contributed by atoms with Gasteiger partial charge in [-0.2, -0.15) is 0 Å². The van der Waals surface area contributed by atoms with E-state index in [0.717, 1.165) is 57.4 Å². The number of methoxy groups -OCH3 is 1. The van der Waals surface area contributed by atoms with Gasteiger partial charge in [0.1, 0.15) is 0 Å². The topological polar surface area (TPSA) is 53.6 Å². The van der Waals surface area contributed by atoms with Crippen LogP contribution in [0.15, 0.2) is 0 Å². The minimum Gasteiger partial charge on any atom is -0.381 e. The molecule has 138 valence electrons. The molecule has 2 amide bonds. The van der Waals surface area contributed by atoms with Crippen molar-refractivity contribution in [1.29, 1.82) is 0 Å². The van der Waals surface area contributed by atoms with E-state index in [9.17, 15) is 4.79 Å². The summed E-state index contributed by atoms with van der Waals surface area (Å²) in [5.74, 6) is 2.23. The Morgan fingerprint density at radius 2 is 2.00 bits per heavy atom. The predicted molar refractivity (Wildman–Crippen MR) is 96.0 cm³/mol. The fourth-order valence-electron chi connectivity index (χ4n) is 4.81. The lowest BCUT2D eigenvalue weighted by atomic mass is 9.85. The molecule has 2 heterocycles. The van der Waals surface area contributed by atoms with Gasteiger partial charge >= 0.3 is 6.03 Å². The SMILES string of the molecule is COC1CCC(CCNC(=O)N2CCCC(C3CCNC3)C2)CC1. The maximum Gasteiger partial charge on any atom is 0.317 e. The van der Waals surface area contributed by atoms with E-state index >= 15 is 0 Å². The second-order valence-corrected chi connectivity index (χ2v) is 8.00. The number of nitrogens with zero attached hydrogens (tertiary/aromatic N) is 1. The summed E-state index contributed by atoms with van der Waals surface area (Å²) in [6.45, 7) is 5.01. The third kappa shape index (κ3) is 4.85. The first-order valence-corrected chi connectivity index (χ1v) is 10.0. The van der Waals surface area contributed by atoms with Crippen LogP contribution in [0.3, 0.4) is 0 Å². The number of hydrogen-bond acceptors (Lipinski definition) is 3. The van der Waals surface area contributed by atoms with Crippen molar-refractivity contribution in [2.75, 3.05) is 39.8 Å². The van der Waals surface area contributed by atoms with Crippen molar-refractivity contribution in [3.8, 4) is 0 Å². The second-order valence-electron chi connectivity index (χ2n) is 8.00. The van der Waals surface area contributed by atoms with Gasteiger partial charge in [0.05, 0.1) is 6.10 Å². The maximum atomic E-state index is 12.5. The molecule has 1 aliphatic carbocycles. The average molecular weight is 338 g/mol. The van der Waals surface area contributed by atoms with Gasteiger partial charge in [-0.3, -0.25) is 0 Å². The Labute approximate surface area is 146 Å². The molecule has 2 N–H and O–H groups in total. The van der Waals surface area contributed by atoms with Crippen LogP contribution in [0.4, 0.5) is 4.79 Å². The highest BCUT2D eigenvalue weighted by Crippen LogP contribution is 2.29. The number of carbonyl (C=O) groups is 1. The lowest BCUT2D eigenvalue weighted by molar-refractivity contribution is 0.0555. The molecule has 2 saturated heterocycles. The van der Waals surface area contributed by atoms with Gasteiger partial charge in [-0.05, 0) is 82.2 Å². The maximum absolute atomic E-state index is 12.5. The van der Waals surface area contributed by atoms with E-state index < -0.39 is 0 Å². The molecule has 0 radical (unpaired) electrons. The van der Waals surface area contributed by atoms with E-state index in [2.05, 4.69) is 15.5 Å². The van der Waals surface area contributed by atoms with Crippen LogP contribution in [0.5, 0.6) is 0 Å². The van der Waals surface area contributed by atoms with Crippen LogP contribution >= 0.6 is 0 Å². The second kappa shape index (κ2) is 9.04. The largest absolute Gasteiger partial charge is 0.381 e. The highest BCUT2D eigenvalue weighted by atomic mass is 16.5. The summed E-state index contributed by atoms with van der Waals surface area (Å²) in [4.78, 5) is 14.5. The number of hydrogen-bond donors (Lipinski definition) is 2. The van der Waals surface area contributed by atoms with Crippen molar-refractivity contribution in [1.82, 2.24) is 15.5 Å². The number of likely N-dealkylation sites (tertiary alicyclic amines) is 1. The van der Waals surface area contributed by atoms with Gasteiger partial charge in [-0.25, -0.2) is 4.79 Å². The highest BCUT2D eigenvalue weighted by Gasteiger charge is 2.31. The molecule has 0 aromatic heterocycles. The standard InChI is InChI=1S/C19H35N3O2/c1-24-18-6-4-15(5-7-18)8-11-21-19(23)22-12-2-3-17(14-22)16-9-10-20-13-16/h15-18,20H,2-14H2,1H3,(H,21,23). The number of rotatable bonds is 5. The van der Waals surface area contributed by atoms with E-state index in [0.29, 0.717) is 12.0 Å². The molecule has 24 heavy (non-hydrogen) atoms. The molecule has 2 unspecified atom stereocenters. The quantitative estimate of drug-likeness (QED) is 0.811. The molecule has 3 aliphatic rings. The van der Waals surface area contributed by atoms with E-state index in [1.807, 2.05) is 7.11 Å². The molecule has 0 aromatic rings. The minimum atomic E-state index is 0.163. The third-order valence-electron chi connectivity index (χ3n) is 6.47. The number of carbonyl (C=O) groups excluding carboxylic acids is 1. The van der Waals surface area contributed by atoms with Crippen LogP contribution in [0.2, 0.25) is 0 Å². The minimum absolute atomic E-state index is 0.163. The third-order valence-corrected chi connectivity index (χ3v) is 6.47. The van der Waals surface area contributed by atoms with E-state index in [1.165, 1.54) is 38.5 Å². The van der Waals surface area contributed by atoms with Crippen molar-refractivity contribution >= 4 is 6.03 Å². The van der Waals surface area contributed by atoms with Crippen LogP contribution in [0.1, 0.15) is 51.4 Å². The summed E-state index contributed by atoms with van der Waals surface area (Å²) in [7, 11) is 1.82. The van der Waals surface area contributed by atoms with Crippen LogP contribution in [0, 0.1) is 17.8 Å². The first-order chi connectivity index (χ1) is 11.8. The van der Waals surface area contributed by atoms with Gasteiger partial charge in [-0.1, -0.05) is 0 Å². The molecule has 2 aliphatic heterocycles. The smallest absolute Gasteiger partial charge is 0.317 e. The Morgan fingerprint density at radius 1 is 1.17 bits per heavy atom. The number of piperidine rings is 1. The molecule has 2 atom stereocenters. The Hall–Kier alpha value is -0.810. The van der Waals surface area contributed by atoms with Gasteiger partial charge < -0.3 is 20.3 Å². The zero-order valence-corrected chi connectivity index (χ0v) is 15.3. The molecule has 5 heteroatoms. The summed E-state index contributed by atoms with van der Waals surface area (Å²) in [6, 6.07) is 0.163. The Bertz CT molecular complexity index is 390. The summed E-state index contributed by atoms with van der Waals surface area (Å²) < 4.78 is 5.43. The van der Waals surface area contributed by atoms with E-state index in [1.54, 1.807) is 0 Å². The number of ether oxygens (including phenoxy) is 1. The average Bonchev–Trinajstić information content (AvgIpc) is 3.17. The Kier molecular flexibility index (Phi) is 6.78. The van der Waals surface area contributed by atoms with Crippen LogP contribution in [-0.4, -0.2) is 56.9 Å². The normalized spacial score (nSPS) is 34.3. The lowest BCUT2D eigenvalue weighted by Gasteiger charge is -2.35. The molecule has 1 saturated carbocycles. The van der Waals surface area contributed by atoms with Crippen molar-refractivity contribution in [2.45, 2.75) is 57.5 Å². The predicted octanol–water partition coefficient (Wildman–Crippen LogP) is 2.61. The van der Waals surface area contributed by atoms with Crippen LogP contribution in [-0.2, 0) is 4.74 Å². The molecule has 0 aromatic carbocycles. The Morgan fingerprint density at radius 3 is 2.71 bits per heavy atom. The van der Waals surface area contributed by atoms with Crippen molar-refractivity contribution in [2.24, 2.45) is 17.8 Å². The highest BCUT2D eigenvalue weighted by molar-refractivity contribution is 5.74. The van der Waals surface area contributed by atoms with Gasteiger partial charge in [0.15, 0.2) is 0 Å². The molecule has 3 fully saturated rings. The fraction of sp³-hybridized carbons (Fsp3) is 0.947. The monoisotopic (exact) mass is 337 g/mol.